The van der Waals surface area contributed by atoms with Gasteiger partial charge in [-0.05, 0) is 61.4 Å². The van der Waals surface area contributed by atoms with Gasteiger partial charge < -0.3 is 10.2 Å². The Morgan fingerprint density at radius 2 is 1.88 bits per heavy atom. The van der Waals surface area contributed by atoms with E-state index in [0.29, 0.717) is 24.6 Å². The second-order valence-electron chi connectivity index (χ2n) is 5.90. The minimum absolute atomic E-state index is 0.161. The topological polar surface area (TPSA) is 71.0 Å². The number of nitrogens with zero attached hydrogens (tertiary/aromatic N) is 4. The van der Waals surface area contributed by atoms with Crippen molar-refractivity contribution in [1.29, 1.82) is 0 Å². The molecule has 3 aromatic rings. The Morgan fingerprint density at radius 3 is 2.54 bits per heavy atom. The highest BCUT2D eigenvalue weighted by Crippen LogP contribution is 2.18. The van der Waals surface area contributed by atoms with Crippen LogP contribution in [-0.4, -0.2) is 27.6 Å². The van der Waals surface area contributed by atoms with Crippen LogP contribution in [0, 0.1) is 6.92 Å². The lowest BCUT2D eigenvalue weighted by Gasteiger charge is -2.20. The van der Waals surface area contributed by atoms with Gasteiger partial charge in [-0.15, -0.1) is 10.2 Å². The highest BCUT2D eigenvalue weighted by atomic mass is 16.2. The third-order valence-corrected chi connectivity index (χ3v) is 3.98. The number of anilines is 2. The standard InChI is InChI=1S/C20H21N5O/c1-3-25(17-6-4-5-15(2)13-17)20(26)18-7-8-19(24-23-18)22-14-16-9-11-21-12-10-16/h4-13H,3,14H2,1-2H3,(H,22,24). The van der Waals surface area contributed by atoms with Gasteiger partial charge in [-0.1, -0.05) is 12.1 Å². The lowest BCUT2D eigenvalue weighted by Crippen LogP contribution is -2.31. The largest absolute Gasteiger partial charge is 0.365 e. The van der Waals surface area contributed by atoms with Gasteiger partial charge in [0.1, 0.15) is 5.82 Å². The molecule has 0 spiro atoms. The first-order chi connectivity index (χ1) is 12.7. The molecule has 0 fully saturated rings. The molecule has 2 aromatic heterocycles. The van der Waals surface area contributed by atoms with Crippen LogP contribution in [0.4, 0.5) is 11.5 Å². The third kappa shape index (κ3) is 4.22. The molecule has 6 heteroatoms. The molecule has 3 rings (SSSR count). The fourth-order valence-electron chi connectivity index (χ4n) is 2.61. The van der Waals surface area contributed by atoms with Gasteiger partial charge in [0.15, 0.2) is 5.69 Å². The highest BCUT2D eigenvalue weighted by Gasteiger charge is 2.18. The molecular formula is C20H21N5O. The van der Waals surface area contributed by atoms with Crippen LogP contribution in [0.2, 0.25) is 0 Å². The molecule has 26 heavy (non-hydrogen) atoms. The zero-order chi connectivity index (χ0) is 18.4. The summed E-state index contributed by atoms with van der Waals surface area (Å²) in [5.41, 5.74) is 3.39. The SMILES string of the molecule is CCN(C(=O)c1ccc(NCc2ccncc2)nn1)c1cccc(C)c1. The predicted molar refractivity (Wildman–Crippen MR) is 102 cm³/mol. The van der Waals surface area contributed by atoms with Crippen LogP contribution in [0.3, 0.4) is 0 Å². The lowest BCUT2D eigenvalue weighted by atomic mass is 10.2. The summed E-state index contributed by atoms with van der Waals surface area (Å²) in [4.78, 5) is 18.5. The van der Waals surface area contributed by atoms with Crippen molar-refractivity contribution in [2.45, 2.75) is 20.4 Å². The molecule has 0 bridgehead atoms. The Kier molecular flexibility index (Phi) is 5.53. The van der Waals surface area contributed by atoms with Gasteiger partial charge in [-0.2, -0.15) is 0 Å². The van der Waals surface area contributed by atoms with E-state index in [1.54, 1.807) is 29.4 Å². The molecule has 1 N–H and O–H groups in total. The van der Waals surface area contributed by atoms with Crippen LogP contribution in [0.1, 0.15) is 28.5 Å². The van der Waals surface area contributed by atoms with Crippen LogP contribution in [-0.2, 0) is 6.54 Å². The molecule has 0 saturated carbocycles. The Hall–Kier alpha value is -3.28. The van der Waals surface area contributed by atoms with Gasteiger partial charge >= 0.3 is 0 Å². The number of hydrogen-bond acceptors (Lipinski definition) is 5. The van der Waals surface area contributed by atoms with E-state index in [1.165, 1.54) is 0 Å². The van der Waals surface area contributed by atoms with Crippen LogP contribution in [0.5, 0.6) is 0 Å². The summed E-state index contributed by atoms with van der Waals surface area (Å²) in [6.45, 7) is 5.13. The molecule has 2 heterocycles. The number of benzene rings is 1. The van der Waals surface area contributed by atoms with Crippen LogP contribution in [0.25, 0.3) is 0 Å². The molecule has 0 radical (unpaired) electrons. The Bertz CT molecular complexity index is 865. The molecule has 0 aliphatic carbocycles. The lowest BCUT2D eigenvalue weighted by molar-refractivity contribution is 0.0982. The monoisotopic (exact) mass is 347 g/mol. The number of amides is 1. The zero-order valence-corrected chi connectivity index (χ0v) is 14.9. The number of aryl methyl sites for hydroxylation is 1. The van der Waals surface area contributed by atoms with Crippen molar-refractivity contribution in [2.75, 3.05) is 16.8 Å². The molecule has 0 atom stereocenters. The normalized spacial score (nSPS) is 10.4. The number of pyridine rings is 1. The van der Waals surface area contributed by atoms with E-state index in [9.17, 15) is 4.79 Å². The maximum atomic E-state index is 12.8. The van der Waals surface area contributed by atoms with E-state index in [1.807, 2.05) is 50.2 Å². The maximum Gasteiger partial charge on any atom is 0.278 e. The van der Waals surface area contributed by atoms with Gasteiger partial charge in [0.05, 0.1) is 0 Å². The van der Waals surface area contributed by atoms with Crippen LogP contribution >= 0.6 is 0 Å². The summed E-state index contributed by atoms with van der Waals surface area (Å²) in [6.07, 6.45) is 3.49. The molecule has 0 aliphatic rings. The van der Waals surface area contributed by atoms with Crippen molar-refractivity contribution in [3.05, 3.63) is 77.7 Å². The molecular weight excluding hydrogens is 326 g/mol. The van der Waals surface area contributed by atoms with Crippen molar-refractivity contribution >= 4 is 17.4 Å². The predicted octanol–water partition coefficient (Wildman–Crippen LogP) is 3.46. The summed E-state index contributed by atoms with van der Waals surface area (Å²) in [5, 5.41) is 11.4. The number of carbonyl (C=O) groups is 1. The van der Waals surface area contributed by atoms with E-state index < -0.39 is 0 Å². The molecule has 1 amide bonds. The molecule has 132 valence electrons. The Morgan fingerprint density at radius 1 is 1.08 bits per heavy atom. The number of aromatic nitrogens is 3. The summed E-state index contributed by atoms with van der Waals surface area (Å²) >= 11 is 0. The van der Waals surface area contributed by atoms with Gasteiger partial charge in [0.25, 0.3) is 5.91 Å². The molecule has 6 nitrogen and oxygen atoms in total. The number of carbonyl (C=O) groups excluding carboxylic acids is 1. The van der Waals surface area contributed by atoms with E-state index in [4.69, 9.17) is 0 Å². The second kappa shape index (κ2) is 8.20. The fourth-order valence-corrected chi connectivity index (χ4v) is 2.61. The Labute approximate surface area is 152 Å². The number of nitrogens with one attached hydrogen (secondary N) is 1. The molecule has 0 saturated heterocycles. The van der Waals surface area contributed by atoms with Crippen LogP contribution in [0.15, 0.2) is 60.9 Å². The quantitative estimate of drug-likeness (QED) is 0.739. The first-order valence-corrected chi connectivity index (χ1v) is 8.52. The van der Waals surface area contributed by atoms with E-state index in [2.05, 4.69) is 20.5 Å². The number of rotatable bonds is 6. The highest BCUT2D eigenvalue weighted by molar-refractivity contribution is 6.04. The van der Waals surface area contributed by atoms with Crippen molar-refractivity contribution in [3.8, 4) is 0 Å². The Balaban J connectivity index is 1.69. The molecule has 0 aliphatic heterocycles. The maximum absolute atomic E-state index is 12.8. The molecule has 1 aromatic carbocycles. The van der Waals surface area contributed by atoms with E-state index in [-0.39, 0.29) is 5.91 Å². The van der Waals surface area contributed by atoms with Crippen molar-refractivity contribution in [2.24, 2.45) is 0 Å². The first-order valence-electron chi connectivity index (χ1n) is 8.52. The second-order valence-corrected chi connectivity index (χ2v) is 5.90. The molecule has 0 unspecified atom stereocenters. The van der Waals surface area contributed by atoms with Crippen molar-refractivity contribution < 1.29 is 4.79 Å². The summed E-state index contributed by atoms with van der Waals surface area (Å²) in [5.74, 6) is 0.461. The summed E-state index contributed by atoms with van der Waals surface area (Å²) < 4.78 is 0. The summed E-state index contributed by atoms with van der Waals surface area (Å²) in [6, 6.07) is 15.2. The minimum Gasteiger partial charge on any atom is -0.365 e. The van der Waals surface area contributed by atoms with Crippen molar-refractivity contribution in [3.63, 3.8) is 0 Å². The third-order valence-electron chi connectivity index (χ3n) is 3.98. The van der Waals surface area contributed by atoms with Gasteiger partial charge in [0, 0.05) is 31.2 Å². The average molecular weight is 347 g/mol. The smallest absolute Gasteiger partial charge is 0.278 e. The van der Waals surface area contributed by atoms with Crippen LogP contribution < -0.4 is 10.2 Å². The van der Waals surface area contributed by atoms with Gasteiger partial charge in [-0.3, -0.25) is 9.78 Å². The van der Waals surface area contributed by atoms with Crippen molar-refractivity contribution in [1.82, 2.24) is 15.2 Å². The summed E-state index contributed by atoms with van der Waals surface area (Å²) in [7, 11) is 0. The number of hydrogen-bond donors (Lipinski definition) is 1. The zero-order valence-electron chi connectivity index (χ0n) is 14.9. The van der Waals surface area contributed by atoms with Gasteiger partial charge in [-0.25, -0.2) is 0 Å². The average Bonchev–Trinajstić information content (AvgIpc) is 2.68. The first kappa shape index (κ1) is 17.5. The fraction of sp³-hybridized carbons (Fsp3) is 0.200. The van der Waals surface area contributed by atoms with E-state index in [0.717, 1.165) is 16.8 Å². The van der Waals surface area contributed by atoms with E-state index >= 15 is 0 Å². The van der Waals surface area contributed by atoms with Gasteiger partial charge in [0.2, 0.25) is 0 Å². The minimum atomic E-state index is -0.161.